The third kappa shape index (κ3) is 4.71. The Balaban J connectivity index is 1.94. The van der Waals surface area contributed by atoms with Crippen molar-refractivity contribution >= 4 is 45.3 Å². The van der Waals surface area contributed by atoms with Crippen molar-refractivity contribution in [3.63, 3.8) is 0 Å². The fraction of sp³-hybridized carbons (Fsp3) is 0. The summed E-state index contributed by atoms with van der Waals surface area (Å²) in [7, 11) is 0. The Morgan fingerprint density at radius 1 is 1.10 bits per heavy atom. The molecule has 0 amide bonds. The number of carbonyl (C=O) groups excluding carboxylic acids is 1. The third-order valence-electron chi connectivity index (χ3n) is 2.30. The van der Waals surface area contributed by atoms with Crippen molar-refractivity contribution in [2.45, 2.75) is 4.90 Å². The van der Waals surface area contributed by atoms with Gasteiger partial charge in [-0.3, -0.25) is 0 Å². The van der Waals surface area contributed by atoms with Crippen LogP contribution >= 0.6 is 39.3 Å². The number of halogens is 2. The lowest BCUT2D eigenvalue weighted by Crippen LogP contribution is -2.00. The highest BCUT2D eigenvalue weighted by Crippen LogP contribution is 2.29. The fourth-order valence-corrected chi connectivity index (χ4v) is 2.57. The lowest BCUT2D eigenvalue weighted by atomic mass is 10.2. The molecule has 0 aliphatic rings. The van der Waals surface area contributed by atoms with Gasteiger partial charge in [0.25, 0.3) is 0 Å². The van der Waals surface area contributed by atoms with Crippen LogP contribution in [0.3, 0.4) is 0 Å². The SMILES string of the molecule is O=C(O/C=C(/Cl)Sc1ccccc1)c1ccc(Br)cc1. The lowest BCUT2D eigenvalue weighted by Gasteiger charge is -2.02. The van der Waals surface area contributed by atoms with E-state index in [1.54, 1.807) is 24.3 Å². The van der Waals surface area contributed by atoms with Crippen LogP contribution in [0.15, 0.2) is 74.6 Å². The van der Waals surface area contributed by atoms with Gasteiger partial charge in [0.05, 0.1) is 5.56 Å². The zero-order valence-electron chi connectivity index (χ0n) is 10.3. The van der Waals surface area contributed by atoms with Gasteiger partial charge in [0.1, 0.15) is 10.6 Å². The zero-order chi connectivity index (χ0) is 14.4. The van der Waals surface area contributed by atoms with E-state index >= 15 is 0 Å². The number of hydrogen-bond donors (Lipinski definition) is 0. The van der Waals surface area contributed by atoms with Crippen LogP contribution in [0.1, 0.15) is 10.4 Å². The maximum atomic E-state index is 11.8. The molecular formula is C15H10BrClO2S. The Hall–Kier alpha value is -1.23. The van der Waals surface area contributed by atoms with Crippen molar-refractivity contribution in [2.24, 2.45) is 0 Å². The molecule has 5 heteroatoms. The van der Waals surface area contributed by atoms with Crippen molar-refractivity contribution in [3.8, 4) is 0 Å². The first kappa shape index (κ1) is 15.2. The molecule has 102 valence electrons. The molecule has 2 aromatic rings. The van der Waals surface area contributed by atoms with Crippen molar-refractivity contribution in [3.05, 3.63) is 75.3 Å². The Morgan fingerprint density at radius 3 is 2.40 bits per heavy atom. The van der Waals surface area contributed by atoms with E-state index in [9.17, 15) is 4.79 Å². The first-order valence-electron chi connectivity index (χ1n) is 5.70. The minimum Gasteiger partial charge on any atom is -0.429 e. The predicted octanol–water partition coefficient (Wildman–Crippen LogP) is 5.44. The molecule has 20 heavy (non-hydrogen) atoms. The van der Waals surface area contributed by atoms with E-state index < -0.39 is 5.97 Å². The molecule has 0 spiro atoms. The smallest absolute Gasteiger partial charge is 0.343 e. The Labute approximate surface area is 134 Å². The van der Waals surface area contributed by atoms with Gasteiger partial charge in [-0.25, -0.2) is 4.79 Å². The quantitative estimate of drug-likeness (QED) is 0.408. The Bertz CT molecular complexity index is 612. The van der Waals surface area contributed by atoms with Gasteiger partial charge in [-0.2, -0.15) is 0 Å². The minimum atomic E-state index is -0.440. The van der Waals surface area contributed by atoms with Crippen molar-refractivity contribution in [1.82, 2.24) is 0 Å². The van der Waals surface area contributed by atoms with E-state index in [-0.39, 0.29) is 0 Å². The summed E-state index contributed by atoms with van der Waals surface area (Å²) >= 11 is 10.6. The highest BCUT2D eigenvalue weighted by atomic mass is 79.9. The number of hydrogen-bond acceptors (Lipinski definition) is 3. The van der Waals surface area contributed by atoms with Gasteiger partial charge in [0.2, 0.25) is 0 Å². The van der Waals surface area contributed by atoms with E-state index in [2.05, 4.69) is 15.9 Å². The molecule has 0 saturated carbocycles. The van der Waals surface area contributed by atoms with Crippen LogP contribution in [-0.2, 0) is 4.74 Å². The minimum absolute atomic E-state index is 0.390. The zero-order valence-corrected chi connectivity index (χ0v) is 13.4. The summed E-state index contributed by atoms with van der Waals surface area (Å²) in [5.74, 6) is -0.440. The molecular weight excluding hydrogens is 360 g/mol. The lowest BCUT2D eigenvalue weighted by molar-refractivity contribution is 0.0663. The van der Waals surface area contributed by atoms with Crippen molar-refractivity contribution in [2.75, 3.05) is 0 Å². The van der Waals surface area contributed by atoms with Gasteiger partial charge < -0.3 is 4.74 Å². The maximum absolute atomic E-state index is 11.8. The van der Waals surface area contributed by atoms with Crippen LogP contribution < -0.4 is 0 Å². The summed E-state index contributed by atoms with van der Waals surface area (Å²) in [5.41, 5.74) is 0.471. The molecule has 0 unspecified atom stereocenters. The molecule has 0 heterocycles. The maximum Gasteiger partial charge on any atom is 0.343 e. The number of carbonyl (C=O) groups is 1. The van der Waals surface area contributed by atoms with Gasteiger partial charge in [0, 0.05) is 9.37 Å². The predicted molar refractivity (Wildman–Crippen MR) is 85.8 cm³/mol. The highest BCUT2D eigenvalue weighted by molar-refractivity contribution is 9.10. The average molecular weight is 370 g/mol. The molecule has 2 aromatic carbocycles. The molecule has 0 aliphatic heterocycles. The second-order valence-electron chi connectivity index (χ2n) is 3.75. The van der Waals surface area contributed by atoms with Gasteiger partial charge in [0.15, 0.2) is 0 Å². The molecule has 0 saturated heterocycles. The van der Waals surface area contributed by atoms with E-state index in [1.165, 1.54) is 18.0 Å². The van der Waals surface area contributed by atoms with Gasteiger partial charge in [-0.05, 0) is 36.4 Å². The molecule has 0 bridgehead atoms. The van der Waals surface area contributed by atoms with Crippen LogP contribution in [0, 0.1) is 0 Å². The first-order valence-corrected chi connectivity index (χ1v) is 7.69. The summed E-state index contributed by atoms with van der Waals surface area (Å²) in [5, 5.41) is 0. The van der Waals surface area contributed by atoms with Crippen LogP contribution in [0.2, 0.25) is 0 Å². The molecule has 0 atom stereocenters. The molecule has 2 nitrogen and oxygen atoms in total. The topological polar surface area (TPSA) is 26.3 Å². The van der Waals surface area contributed by atoms with Crippen LogP contribution in [-0.4, -0.2) is 5.97 Å². The molecule has 0 aromatic heterocycles. The second-order valence-corrected chi connectivity index (χ2v) is 6.41. The van der Waals surface area contributed by atoms with E-state index in [0.717, 1.165) is 9.37 Å². The largest absolute Gasteiger partial charge is 0.429 e. The normalized spacial score (nSPS) is 11.2. The third-order valence-corrected chi connectivity index (χ3v) is 3.95. The van der Waals surface area contributed by atoms with Crippen molar-refractivity contribution < 1.29 is 9.53 Å². The highest BCUT2D eigenvalue weighted by Gasteiger charge is 2.06. The standard InChI is InChI=1S/C15H10BrClO2S/c16-12-8-6-11(7-9-12)15(18)19-10-14(17)20-13-4-2-1-3-5-13/h1-10H/b14-10-. The molecule has 2 rings (SSSR count). The first-order chi connectivity index (χ1) is 9.65. The van der Waals surface area contributed by atoms with Gasteiger partial charge in [-0.15, -0.1) is 0 Å². The van der Waals surface area contributed by atoms with E-state index in [0.29, 0.717) is 9.93 Å². The summed E-state index contributed by atoms with van der Waals surface area (Å²) in [6.45, 7) is 0. The fourth-order valence-electron chi connectivity index (χ4n) is 1.38. The summed E-state index contributed by atoms with van der Waals surface area (Å²) in [4.78, 5) is 12.7. The number of benzene rings is 2. The molecule has 0 aliphatic carbocycles. The number of rotatable bonds is 4. The summed E-state index contributed by atoms with van der Waals surface area (Å²) < 4.78 is 6.33. The summed E-state index contributed by atoms with van der Waals surface area (Å²) in [6, 6.07) is 16.5. The monoisotopic (exact) mass is 368 g/mol. The number of ether oxygens (including phenoxy) is 1. The van der Waals surface area contributed by atoms with Gasteiger partial charge >= 0.3 is 5.97 Å². The number of thioether (sulfide) groups is 1. The van der Waals surface area contributed by atoms with Crippen LogP contribution in [0.25, 0.3) is 0 Å². The number of esters is 1. The Morgan fingerprint density at radius 2 is 1.75 bits per heavy atom. The van der Waals surface area contributed by atoms with Crippen LogP contribution in [0.5, 0.6) is 0 Å². The van der Waals surface area contributed by atoms with Crippen LogP contribution in [0.4, 0.5) is 0 Å². The average Bonchev–Trinajstić information content (AvgIpc) is 2.46. The Kier molecular flexibility index (Phi) is 5.71. The molecule has 0 fully saturated rings. The van der Waals surface area contributed by atoms with E-state index in [1.807, 2.05) is 30.3 Å². The van der Waals surface area contributed by atoms with Gasteiger partial charge in [-0.1, -0.05) is 57.5 Å². The van der Waals surface area contributed by atoms with E-state index in [4.69, 9.17) is 16.3 Å². The molecule has 0 N–H and O–H groups in total. The molecule has 0 radical (unpaired) electrons. The second kappa shape index (κ2) is 7.53. The summed E-state index contributed by atoms with van der Waals surface area (Å²) in [6.07, 6.45) is 1.25. The van der Waals surface area contributed by atoms with Crippen molar-refractivity contribution in [1.29, 1.82) is 0 Å².